The molecule has 150 valence electrons. The lowest BCUT2D eigenvalue weighted by Crippen LogP contribution is -2.31. The smallest absolute Gasteiger partial charge is 0.257 e. The van der Waals surface area contributed by atoms with Gasteiger partial charge in [-0.15, -0.1) is 0 Å². The molecule has 2 heterocycles. The molecule has 0 fully saturated rings. The van der Waals surface area contributed by atoms with Gasteiger partial charge in [0.1, 0.15) is 13.2 Å². The van der Waals surface area contributed by atoms with Gasteiger partial charge in [0.05, 0.1) is 23.1 Å². The molecule has 0 bridgehead atoms. The van der Waals surface area contributed by atoms with Gasteiger partial charge in [0.2, 0.25) is 0 Å². The van der Waals surface area contributed by atoms with Gasteiger partial charge < -0.3 is 14.4 Å². The highest BCUT2D eigenvalue weighted by Crippen LogP contribution is 2.34. The maximum atomic E-state index is 13.3. The minimum Gasteiger partial charge on any atom is -0.486 e. The molecule has 6 nitrogen and oxygen atoms in total. The van der Waals surface area contributed by atoms with E-state index in [0.29, 0.717) is 31.9 Å². The minimum absolute atomic E-state index is 0.0531. The average molecular weight is 456 g/mol. The van der Waals surface area contributed by atoms with Crippen LogP contribution in [0.15, 0.2) is 53.1 Å². The van der Waals surface area contributed by atoms with Gasteiger partial charge in [0.15, 0.2) is 11.5 Å². The van der Waals surface area contributed by atoms with E-state index in [0.717, 1.165) is 32.9 Å². The van der Waals surface area contributed by atoms with Crippen LogP contribution < -0.4 is 9.47 Å². The van der Waals surface area contributed by atoms with Gasteiger partial charge in [0, 0.05) is 23.1 Å². The Balaban J connectivity index is 1.59. The first-order valence-electron chi connectivity index (χ1n) is 9.55. The zero-order valence-electron chi connectivity index (χ0n) is 16.4. The number of amides is 1. The molecule has 0 N–H and O–H groups in total. The summed E-state index contributed by atoms with van der Waals surface area (Å²) >= 11 is 3.44. The van der Waals surface area contributed by atoms with Crippen LogP contribution in [0.25, 0.3) is 5.69 Å². The van der Waals surface area contributed by atoms with E-state index in [4.69, 9.17) is 9.47 Å². The molecule has 1 aromatic heterocycles. The molecular formula is C22H22BrN3O3. The van der Waals surface area contributed by atoms with Gasteiger partial charge >= 0.3 is 0 Å². The standard InChI is InChI=1S/C22H22BrN3O3/c1-3-25(14-16-5-4-6-20-21(16)29-12-11-28-20)22(27)19-13-24-26(15(19)2)18-9-7-17(23)8-10-18/h4-10,13H,3,11-12,14H2,1-2H3. The van der Waals surface area contributed by atoms with Crippen LogP contribution in [0, 0.1) is 6.92 Å². The van der Waals surface area contributed by atoms with Crippen molar-refractivity contribution >= 4 is 21.8 Å². The van der Waals surface area contributed by atoms with Crippen molar-refractivity contribution in [1.82, 2.24) is 14.7 Å². The predicted molar refractivity (Wildman–Crippen MR) is 114 cm³/mol. The quantitative estimate of drug-likeness (QED) is 0.572. The fraction of sp³-hybridized carbons (Fsp3) is 0.273. The van der Waals surface area contributed by atoms with E-state index in [1.54, 1.807) is 15.8 Å². The Kier molecular flexibility index (Phi) is 5.58. The summed E-state index contributed by atoms with van der Waals surface area (Å²) in [6, 6.07) is 13.6. The highest BCUT2D eigenvalue weighted by atomic mass is 79.9. The second kappa shape index (κ2) is 8.29. The first-order chi connectivity index (χ1) is 14.1. The normalized spacial score (nSPS) is 12.7. The highest BCUT2D eigenvalue weighted by Gasteiger charge is 2.23. The molecule has 0 spiro atoms. The second-order valence-electron chi connectivity index (χ2n) is 6.79. The summed E-state index contributed by atoms with van der Waals surface area (Å²) in [4.78, 5) is 15.1. The first kappa shape index (κ1) is 19.5. The van der Waals surface area contributed by atoms with Crippen molar-refractivity contribution in [3.05, 3.63) is 70.0 Å². The summed E-state index contributed by atoms with van der Waals surface area (Å²) in [5.41, 5.74) is 3.26. The largest absolute Gasteiger partial charge is 0.486 e. The number of carbonyl (C=O) groups is 1. The van der Waals surface area contributed by atoms with Crippen molar-refractivity contribution in [2.75, 3.05) is 19.8 Å². The molecule has 2 aromatic carbocycles. The van der Waals surface area contributed by atoms with Gasteiger partial charge in [0.25, 0.3) is 5.91 Å². The lowest BCUT2D eigenvalue weighted by Gasteiger charge is -2.25. The van der Waals surface area contributed by atoms with Crippen molar-refractivity contribution in [3.63, 3.8) is 0 Å². The van der Waals surface area contributed by atoms with Crippen LogP contribution in [0.4, 0.5) is 0 Å². The molecule has 4 rings (SSSR count). The summed E-state index contributed by atoms with van der Waals surface area (Å²) in [6.45, 7) is 5.97. The molecule has 0 radical (unpaired) electrons. The number of ether oxygens (including phenoxy) is 2. The zero-order valence-corrected chi connectivity index (χ0v) is 18.0. The molecule has 0 saturated carbocycles. The Bertz CT molecular complexity index is 1030. The SMILES string of the molecule is CCN(Cc1cccc2c1OCCO2)C(=O)c1cnn(-c2ccc(Br)cc2)c1C. The van der Waals surface area contributed by atoms with Crippen LogP contribution in [0.1, 0.15) is 28.5 Å². The molecule has 0 saturated heterocycles. The monoisotopic (exact) mass is 455 g/mol. The highest BCUT2D eigenvalue weighted by molar-refractivity contribution is 9.10. The van der Waals surface area contributed by atoms with E-state index in [1.165, 1.54) is 0 Å². The lowest BCUT2D eigenvalue weighted by atomic mass is 10.1. The Morgan fingerprint density at radius 3 is 2.69 bits per heavy atom. The van der Waals surface area contributed by atoms with Crippen molar-refractivity contribution in [2.45, 2.75) is 20.4 Å². The molecule has 1 aliphatic rings. The number of rotatable bonds is 5. The Morgan fingerprint density at radius 2 is 1.93 bits per heavy atom. The number of aromatic nitrogens is 2. The summed E-state index contributed by atoms with van der Waals surface area (Å²) in [6.07, 6.45) is 1.64. The third-order valence-electron chi connectivity index (χ3n) is 4.99. The van der Waals surface area contributed by atoms with E-state index in [9.17, 15) is 4.79 Å². The maximum absolute atomic E-state index is 13.3. The van der Waals surface area contributed by atoms with Crippen molar-refractivity contribution in [3.8, 4) is 17.2 Å². The predicted octanol–water partition coefficient (Wildman–Crippen LogP) is 4.38. The minimum atomic E-state index is -0.0531. The summed E-state index contributed by atoms with van der Waals surface area (Å²) < 4.78 is 14.2. The van der Waals surface area contributed by atoms with Gasteiger partial charge in [-0.1, -0.05) is 28.1 Å². The number of para-hydroxylation sites is 1. The zero-order chi connectivity index (χ0) is 20.4. The maximum Gasteiger partial charge on any atom is 0.257 e. The first-order valence-corrected chi connectivity index (χ1v) is 10.3. The fourth-order valence-corrected chi connectivity index (χ4v) is 3.69. The van der Waals surface area contributed by atoms with Gasteiger partial charge in [-0.25, -0.2) is 4.68 Å². The number of benzene rings is 2. The van der Waals surface area contributed by atoms with Crippen LogP contribution >= 0.6 is 15.9 Å². The molecular weight excluding hydrogens is 434 g/mol. The molecule has 0 atom stereocenters. The number of halogens is 1. The topological polar surface area (TPSA) is 56.6 Å². The third-order valence-corrected chi connectivity index (χ3v) is 5.52. The molecule has 0 unspecified atom stereocenters. The summed E-state index contributed by atoms with van der Waals surface area (Å²) in [7, 11) is 0. The number of nitrogens with zero attached hydrogens (tertiary/aromatic N) is 3. The molecule has 7 heteroatoms. The Labute approximate surface area is 178 Å². The lowest BCUT2D eigenvalue weighted by molar-refractivity contribution is 0.0748. The van der Waals surface area contributed by atoms with E-state index in [1.807, 2.05) is 56.3 Å². The van der Waals surface area contributed by atoms with Crippen molar-refractivity contribution < 1.29 is 14.3 Å². The van der Waals surface area contributed by atoms with E-state index in [-0.39, 0.29) is 5.91 Å². The summed E-state index contributed by atoms with van der Waals surface area (Å²) in [5, 5.41) is 4.44. The van der Waals surface area contributed by atoms with Crippen LogP contribution in [-0.4, -0.2) is 40.3 Å². The molecule has 3 aromatic rings. The van der Waals surface area contributed by atoms with Crippen LogP contribution in [0.2, 0.25) is 0 Å². The number of hydrogen-bond donors (Lipinski definition) is 0. The molecule has 29 heavy (non-hydrogen) atoms. The summed E-state index contributed by atoms with van der Waals surface area (Å²) in [5.74, 6) is 1.41. The third kappa shape index (κ3) is 3.87. The molecule has 0 aliphatic carbocycles. The van der Waals surface area contributed by atoms with Crippen LogP contribution in [-0.2, 0) is 6.54 Å². The van der Waals surface area contributed by atoms with Crippen molar-refractivity contribution in [2.24, 2.45) is 0 Å². The number of hydrogen-bond acceptors (Lipinski definition) is 4. The van der Waals surface area contributed by atoms with Crippen LogP contribution in [0.3, 0.4) is 0 Å². The molecule has 1 amide bonds. The van der Waals surface area contributed by atoms with E-state index < -0.39 is 0 Å². The van der Waals surface area contributed by atoms with E-state index in [2.05, 4.69) is 21.0 Å². The van der Waals surface area contributed by atoms with Gasteiger partial charge in [-0.2, -0.15) is 5.10 Å². The fourth-order valence-electron chi connectivity index (χ4n) is 3.42. The van der Waals surface area contributed by atoms with Gasteiger partial charge in [-0.3, -0.25) is 4.79 Å². The van der Waals surface area contributed by atoms with Gasteiger partial charge in [-0.05, 0) is 44.2 Å². The number of fused-ring (bicyclic) bond motifs is 1. The number of carbonyl (C=O) groups excluding carboxylic acids is 1. The van der Waals surface area contributed by atoms with E-state index >= 15 is 0 Å². The second-order valence-corrected chi connectivity index (χ2v) is 7.71. The average Bonchev–Trinajstić information content (AvgIpc) is 3.13. The Hall–Kier alpha value is -2.80. The van der Waals surface area contributed by atoms with Crippen molar-refractivity contribution in [1.29, 1.82) is 0 Å². The Morgan fingerprint density at radius 1 is 1.17 bits per heavy atom. The molecule has 1 aliphatic heterocycles. The van der Waals surface area contributed by atoms with Crippen LogP contribution in [0.5, 0.6) is 11.5 Å².